The molecule has 3 nitrogen and oxygen atoms in total. The molecule has 4 heteroatoms. The van der Waals surface area contributed by atoms with Gasteiger partial charge in [0.2, 0.25) is 0 Å². The molecule has 3 rings (SSSR count). The minimum absolute atomic E-state index is 0.0632. The van der Waals surface area contributed by atoms with Gasteiger partial charge in [0.05, 0.1) is 0 Å². The second kappa shape index (κ2) is 5.17. The van der Waals surface area contributed by atoms with Crippen molar-refractivity contribution >= 4 is 23.1 Å². The number of rotatable bonds is 2. The number of benzene rings is 2. The molecular formula is C16H14ClNO2. The molecule has 0 saturated carbocycles. The molecule has 0 bridgehead atoms. The molecule has 1 aliphatic heterocycles. The molecule has 0 N–H and O–H groups in total. The van der Waals surface area contributed by atoms with Gasteiger partial charge in [0, 0.05) is 28.4 Å². The van der Waals surface area contributed by atoms with Crippen LogP contribution in [0.2, 0.25) is 5.02 Å². The molecule has 0 saturated heterocycles. The van der Waals surface area contributed by atoms with Crippen LogP contribution >= 0.6 is 11.6 Å². The lowest BCUT2D eigenvalue weighted by atomic mass is 10.1. The molecule has 0 aliphatic carbocycles. The third-order valence-corrected chi connectivity index (χ3v) is 3.61. The molecule has 0 aromatic heterocycles. The normalized spacial score (nSPS) is 13.6. The topological polar surface area (TPSA) is 29.5 Å². The van der Waals surface area contributed by atoms with E-state index in [1.165, 1.54) is 0 Å². The maximum absolute atomic E-state index is 11.5. The molecule has 0 atom stereocenters. The highest BCUT2D eigenvalue weighted by molar-refractivity contribution is 6.30. The molecule has 0 spiro atoms. The molecule has 20 heavy (non-hydrogen) atoms. The van der Waals surface area contributed by atoms with Crippen LogP contribution in [0.4, 0.5) is 5.69 Å². The molecule has 0 amide bonds. The zero-order chi connectivity index (χ0) is 14.1. The first kappa shape index (κ1) is 13.0. The van der Waals surface area contributed by atoms with E-state index in [1.54, 1.807) is 6.92 Å². The Hall–Kier alpha value is -2.00. The quantitative estimate of drug-likeness (QED) is 0.785. The number of hydrogen-bond acceptors (Lipinski definition) is 3. The molecule has 0 radical (unpaired) electrons. The molecule has 1 heterocycles. The molecule has 2 aromatic carbocycles. The molecule has 0 unspecified atom stereocenters. The number of hydrogen-bond donors (Lipinski definition) is 0. The maximum atomic E-state index is 11.5. The summed E-state index contributed by atoms with van der Waals surface area (Å²) in [4.78, 5) is 13.5. The standard InChI is InChI=1S/C16H14ClNO2/c1-11(19)12-3-2-4-15(8-12)18-9-13-7-14(17)5-6-16(13)20-10-18/h2-8H,9-10H2,1H3. The number of nitrogens with zero attached hydrogens (tertiary/aromatic N) is 1. The molecule has 1 aliphatic rings. The van der Waals surface area contributed by atoms with Gasteiger partial charge in [-0.3, -0.25) is 4.79 Å². The summed E-state index contributed by atoms with van der Waals surface area (Å²) >= 11 is 6.02. The first-order chi connectivity index (χ1) is 9.63. The third-order valence-electron chi connectivity index (χ3n) is 3.38. The number of fused-ring (bicyclic) bond motifs is 1. The predicted molar refractivity (Wildman–Crippen MR) is 79.6 cm³/mol. The summed E-state index contributed by atoms with van der Waals surface area (Å²) < 4.78 is 5.73. The van der Waals surface area contributed by atoms with Gasteiger partial charge in [-0.15, -0.1) is 0 Å². The van der Waals surface area contributed by atoms with E-state index in [1.807, 2.05) is 42.5 Å². The smallest absolute Gasteiger partial charge is 0.161 e. The zero-order valence-corrected chi connectivity index (χ0v) is 11.9. The summed E-state index contributed by atoms with van der Waals surface area (Å²) in [5.74, 6) is 0.932. The Balaban J connectivity index is 1.90. The van der Waals surface area contributed by atoms with Crippen molar-refractivity contribution in [2.24, 2.45) is 0 Å². The Morgan fingerprint density at radius 1 is 1.25 bits per heavy atom. The fourth-order valence-corrected chi connectivity index (χ4v) is 2.49. The highest BCUT2D eigenvalue weighted by Gasteiger charge is 2.18. The lowest BCUT2D eigenvalue weighted by Gasteiger charge is -2.31. The predicted octanol–water partition coefficient (Wildman–Crippen LogP) is 3.90. The second-order valence-corrected chi connectivity index (χ2v) is 5.27. The number of halogens is 1. The Labute approximate surface area is 122 Å². The van der Waals surface area contributed by atoms with Gasteiger partial charge in [-0.25, -0.2) is 0 Å². The van der Waals surface area contributed by atoms with Gasteiger partial charge in [-0.2, -0.15) is 0 Å². The lowest BCUT2D eigenvalue weighted by molar-refractivity contribution is 0.101. The fraction of sp³-hybridized carbons (Fsp3) is 0.188. The van der Waals surface area contributed by atoms with Crippen LogP contribution in [0, 0.1) is 0 Å². The molecule has 0 fully saturated rings. The van der Waals surface area contributed by atoms with Gasteiger partial charge >= 0.3 is 0 Å². The second-order valence-electron chi connectivity index (χ2n) is 4.83. The van der Waals surface area contributed by atoms with Gasteiger partial charge in [0.15, 0.2) is 12.5 Å². The third kappa shape index (κ3) is 2.49. The Kier molecular flexibility index (Phi) is 3.36. The maximum Gasteiger partial charge on any atom is 0.161 e. The van der Waals surface area contributed by atoms with Gasteiger partial charge in [-0.05, 0) is 37.3 Å². The monoisotopic (exact) mass is 287 g/mol. The van der Waals surface area contributed by atoms with E-state index in [4.69, 9.17) is 16.3 Å². The number of ketones is 1. The van der Waals surface area contributed by atoms with Crippen molar-refractivity contribution in [3.8, 4) is 5.75 Å². The Bertz CT molecular complexity index is 669. The number of ether oxygens (including phenoxy) is 1. The van der Waals surface area contributed by atoms with Crippen molar-refractivity contribution in [3.63, 3.8) is 0 Å². The van der Waals surface area contributed by atoms with Gasteiger partial charge in [0.1, 0.15) is 5.75 Å². The number of carbonyl (C=O) groups excluding carboxylic acids is 1. The van der Waals surface area contributed by atoms with E-state index in [0.717, 1.165) is 23.5 Å². The largest absolute Gasteiger partial charge is 0.473 e. The number of Topliss-reactive ketones (excluding diaryl/α,β-unsaturated/α-hetero) is 1. The molecule has 2 aromatic rings. The van der Waals surface area contributed by atoms with Gasteiger partial charge in [-0.1, -0.05) is 23.7 Å². The lowest BCUT2D eigenvalue weighted by Crippen LogP contribution is -2.31. The van der Waals surface area contributed by atoms with E-state index in [2.05, 4.69) is 4.90 Å². The van der Waals surface area contributed by atoms with Crippen LogP contribution in [-0.4, -0.2) is 12.5 Å². The van der Waals surface area contributed by atoms with Gasteiger partial charge < -0.3 is 9.64 Å². The van der Waals surface area contributed by atoms with E-state index >= 15 is 0 Å². The summed E-state index contributed by atoms with van der Waals surface area (Å²) in [6, 6.07) is 13.2. The van der Waals surface area contributed by atoms with Crippen LogP contribution in [0.15, 0.2) is 42.5 Å². The van der Waals surface area contributed by atoms with Crippen molar-refractivity contribution in [3.05, 3.63) is 58.6 Å². The van der Waals surface area contributed by atoms with Crippen LogP contribution in [0.25, 0.3) is 0 Å². The summed E-state index contributed by atoms with van der Waals surface area (Å²) in [7, 11) is 0. The van der Waals surface area contributed by atoms with Crippen molar-refractivity contribution in [2.75, 3.05) is 11.6 Å². The van der Waals surface area contributed by atoms with E-state index in [0.29, 0.717) is 17.3 Å². The van der Waals surface area contributed by atoms with Crippen LogP contribution in [-0.2, 0) is 6.54 Å². The van der Waals surface area contributed by atoms with Crippen molar-refractivity contribution in [1.29, 1.82) is 0 Å². The summed E-state index contributed by atoms with van der Waals surface area (Å²) in [5.41, 5.74) is 2.74. The van der Waals surface area contributed by atoms with E-state index in [-0.39, 0.29) is 5.78 Å². The van der Waals surface area contributed by atoms with Crippen LogP contribution in [0.5, 0.6) is 5.75 Å². The summed E-state index contributed by atoms with van der Waals surface area (Å²) in [5, 5.41) is 0.701. The van der Waals surface area contributed by atoms with Crippen LogP contribution < -0.4 is 9.64 Å². The Morgan fingerprint density at radius 2 is 2.10 bits per heavy atom. The summed E-state index contributed by atoms with van der Waals surface area (Å²) in [6.07, 6.45) is 0. The minimum atomic E-state index is 0.0632. The van der Waals surface area contributed by atoms with E-state index < -0.39 is 0 Å². The molecule has 102 valence electrons. The number of anilines is 1. The average molecular weight is 288 g/mol. The van der Waals surface area contributed by atoms with Crippen molar-refractivity contribution in [2.45, 2.75) is 13.5 Å². The number of carbonyl (C=O) groups is 1. The first-order valence-corrected chi connectivity index (χ1v) is 6.78. The fourth-order valence-electron chi connectivity index (χ4n) is 2.30. The van der Waals surface area contributed by atoms with Gasteiger partial charge in [0.25, 0.3) is 0 Å². The molecular weight excluding hydrogens is 274 g/mol. The van der Waals surface area contributed by atoms with Crippen molar-refractivity contribution in [1.82, 2.24) is 0 Å². The van der Waals surface area contributed by atoms with Crippen LogP contribution in [0.3, 0.4) is 0 Å². The Morgan fingerprint density at radius 3 is 2.90 bits per heavy atom. The average Bonchev–Trinajstić information content (AvgIpc) is 2.46. The summed E-state index contributed by atoms with van der Waals surface area (Å²) in [6.45, 7) is 2.76. The minimum Gasteiger partial charge on any atom is -0.473 e. The highest BCUT2D eigenvalue weighted by Crippen LogP contribution is 2.30. The first-order valence-electron chi connectivity index (χ1n) is 6.40. The SMILES string of the molecule is CC(=O)c1cccc(N2COc3ccc(Cl)cc3C2)c1. The van der Waals surface area contributed by atoms with E-state index in [9.17, 15) is 4.79 Å². The highest BCUT2D eigenvalue weighted by atomic mass is 35.5. The van der Waals surface area contributed by atoms with Crippen LogP contribution in [0.1, 0.15) is 22.8 Å². The zero-order valence-electron chi connectivity index (χ0n) is 11.1. The van der Waals surface area contributed by atoms with Crippen molar-refractivity contribution < 1.29 is 9.53 Å².